The molecule has 4 rings (SSSR count). The number of amides is 1. The number of rotatable bonds is 6. The molecular formula is C21H30N6OS. The van der Waals surface area contributed by atoms with Gasteiger partial charge in [-0.15, -0.1) is 10.2 Å². The van der Waals surface area contributed by atoms with Crippen LogP contribution in [0.2, 0.25) is 0 Å². The Bertz CT molecular complexity index is 794. The number of hydrogen-bond donors (Lipinski definition) is 1. The molecule has 1 aromatic carbocycles. The zero-order valence-electron chi connectivity index (χ0n) is 17.1. The third-order valence-corrected chi connectivity index (χ3v) is 6.96. The van der Waals surface area contributed by atoms with Gasteiger partial charge in [0, 0.05) is 50.6 Å². The number of piperazine rings is 1. The van der Waals surface area contributed by atoms with E-state index in [1.807, 2.05) is 19.2 Å². The minimum Gasteiger partial charge on any atom is -0.369 e. The SMILES string of the molecule is Cn1cnnc1SCC(=O)Nc1ccc(N2CCN(C3CCCCC3)CC2)cc1. The van der Waals surface area contributed by atoms with Gasteiger partial charge < -0.3 is 14.8 Å². The first-order chi connectivity index (χ1) is 14.2. The Kier molecular flexibility index (Phi) is 6.71. The lowest BCUT2D eigenvalue weighted by atomic mass is 9.94. The van der Waals surface area contributed by atoms with Crippen LogP contribution >= 0.6 is 11.8 Å². The Labute approximate surface area is 176 Å². The van der Waals surface area contributed by atoms with Crippen LogP contribution in [-0.2, 0) is 11.8 Å². The van der Waals surface area contributed by atoms with Gasteiger partial charge in [0.1, 0.15) is 6.33 Å². The quantitative estimate of drug-likeness (QED) is 0.733. The maximum Gasteiger partial charge on any atom is 0.234 e. The molecule has 0 unspecified atom stereocenters. The van der Waals surface area contributed by atoms with Crippen LogP contribution in [0.5, 0.6) is 0 Å². The zero-order chi connectivity index (χ0) is 20.1. The summed E-state index contributed by atoms with van der Waals surface area (Å²) in [5.41, 5.74) is 2.07. The highest BCUT2D eigenvalue weighted by atomic mass is 32.2. The molecular weight excluding hydrogens is 384 g/mol. The highest BCUT2D eigenvalue weighted by molar-refractivity contribution is 7.99. The first kappa shape index (κ1) is 20.2. The molecule has 156 valence electrons. The van der Waals surface area contributed by atoms with Gasteiger partial charge in [-0.1, -0.05) is 31.0 Å². The molecule has 1 saturated heterocycles. The van der Waals surface area contributed by atoms with Crippen molar-refractivity contribution in [2.45, 2.75) is 43.3 Å². The number of hydrogen-bond acceptors (Lipinski definition) is 6. The lowest BCUT2D eigenvalue weighted by molar-refractivity contribution is -0.113. The summed E-state index contributed by atoms with van der Waals surface area (Å²) in [6.07, 6.45) is 8.60. The lowest BCUT2D eigenvalue weighted by Crippen LogP contribution is -2.50. The summed E-state index contributed by atoms with van der Waals surface area (Å²) in [7, 11) is 1.87. The van der Waals surface area contributed by atoms with E-state index in [0.717, 1.165) is 43.1 Å². The van der Waals surface area contributed by atoms with Gasteiger partial charge >= 0.3 is 0 Å². The number of carbonyl (C=O) groups excluding carboxylic acids is 1. The maximum absolute atomic E-state index is 12.2. The van der Waals surface area contributed by atoms with E-state index in [1.54, 1.807) is 10.9 Å². The second-order valence-corrected chi connectivity index (χ2v) is 8.87. The molecule has 1 N–H and O–H groups in total. The molecule has 2 fully saturated rings. The summed E-state index contributed by atoms with van der Waals surface area (Å²) in [4.78, 5) is 17.3. The first-order valence-corrected chi connectivity index (χ1v) is 11.5. The number of benzene rings is 1. The van der Waals surface area contributed by atoms with Crippen LogP contribution in [-0.4, -0.2) is 63.5 Å². The van der Waals surface area contributed by atoms with Crippen molar-refractivity contribution in [2.75, 3.05) is 42.1 Å². The van der Waals surface area contributed by atoms with Crippen molar-refractivity contribution >= 4 is 29.0 Å². The third-order valence-electron chi connectivity index (χ3n) is 5.92. The number of aryl methyl sites for hydroxylation is 1. The van der Waals surface area contributed by atoms with Gasteiger partial charge in [-0.05, 0) is 37.1 Å². The van der Waals surface area contributed by atoms with E-state index in [1.165, 1.54) is 49.6 Å². The molecule has 2 heterocycles. The van der Waals surface area contributed by atoms with Crippen LogP contribution in [0.1, 0.15) is 32.1 Å². The Morgan fingerprint density at radius 1 is 1.10 bits per heavy atom. The number of nitrogens with zero attached hydrogens (tertiary/aromatic N) is 5. The molecule has 0 spiro atoms. The smallest absolute Gasteiger partial charge is 0.234 e. The van der Waals surface area contributed by atoms with Crippen molar-refractivity contribution in [1.82, 2.24) is 19.7 Å². The lowest BCUT2D eigenvalue weighted by Gasteiger charge is -2.41. The Morgan fingerprint density at radius 3 is 2.48 bits per heavy atom. The van der Waals surface area contributed by atoms with E-state index >= 15 is 0 Å². The fourth-order valence-corrected chi connectivity index (χ4v) is 4.97. The summed E-state index contributed by atoms with van der Waals surface area (Å²) in [6, 6.07) is 9.02. The van der Waals surface area contributed by atoms with E-state index in [9.17, 15) is 4.79 Å². The second-order valence-electron chi connectivity index (χ2n) is 7.92. The van der Waals surface area contributed by atoms with Gasteiger partial charge in [-0.2, -0.15) is 0 Å². The van der Waals surface area contributed by atoms with E-state index in [2.05, 4.69) is 37.4 Å². The van der Waals surface area contributed by atoms with Gasteiger partial charge in [0.2, 0.25) is 5.91 Å². The van der Waals surface area contributed by atoms with Crippen LogP contribution in [0, 0.1) is 0 Å². The minimum absolute atomic E-state index is 0.0353. The molecule has 0 bridgehead atoms. The van der Waals surface area contributed by atoms with E-state index < -0.39 is 0 Å². The van der Waals surface area contributed by atoms with Crippen molar-refractivity contribution in [3.8, 4) is 0 Å². The summed E-state index contributed by atoms with van der Waals surface area (Å²) >= 11 is 1.38. The van der Waals surface area contributed by atoms with Crippen molar-refractivity contribution in [3.05, 3.63) is 30.6 Å². The van der Waals surface area contributed by atoms with Crippen LogP contribution < -0.4 is 10.2 Å². The number of nitrogens with one attached hydrogen (secondary N) is 1. The molecule has 1 aromatic heterocycles. The normalized spacial score (nSPS) is 18.7. The van der Waals surface area contributed by atoms with Gasteiger partial charge in [0.05, 0.1) is 5.75 Å². The zero-order valence-corrected chi connectivity index (χ0v) is 17.9. The molecule has 8 heteroatoms. The van der Waals surface area contributed by atoms with Crippen LogP contribution in [0.3, 0.4) is 0 Å². The van der Waals surface area contributed by atoms with Crippen LogP contribution in [0.25, 0.3) is 0 Å². The Balaban J connectivity index is 1.24. The predicted octanol–water partition coefficient (Wildman–Crippen LogP) is 3.00. The van der Waals surface area contributed by atoms with Crippen molar-refractivity contribution < 1.29 is 4.79 Å². The standard InChI is InChI=1S/C21H30N6OS/c1-25-16-22-24-21(25)29-15-20(28)23-17-7-9-19(10-8-17)27-13-11-26(12-14-27)18-5-3-2-4-6-18/h7-10,16,18H,2-6,11-15H2,1H3,(H,23,28). The number of anilines is 2. The molecule has 7 nitrogen and oxygen atoms in total. The van der Waals surface area contributed by atoms with Crippen LogP contribution in [0.4, 0.5) is 11.4 Å². The topological polar surface area (TPSA) is 66.3 Å². The third kappa shape index (κ3) is 5.30. The molecule has 1 saturated carbocycles. The number of carbonyl (C=O) groups is 1. The molecule has 1 aliphatic carbocycles. The van der Waals surface area contributed by atoms with Crippen LogP contribution in [0.15, 0.2) is 35.7 Å². The average molecular weight is 415 g/mol. The Hall–Kier alpha value is -2.06. The number of aromatic nitrogens is 3. The molecule has 1 amide bonds. The summed E-state index contributed by atoms with van der Waals surface area (Å²) in [5, 5.41) is 11.5. The fraction of sp³-hybridized carbons (Fsp3) is 0.571. The van der Waals surface area contributed by atoms with Crippen molar-refractivity contribution in [2.24, 2.45) is 7.05 Å². The van der Waals surface area contributed by atoms with Gasteiger partial charge in [0.25, 0.3) is 0 Å². The highest BCUT2D eigenvalue weighted by Crippen LogP contribution is 2.25. The minimum atomic E-state index is -0.0353. The maximum atomic E-state index is 12.2. The highest BCUT2D eigenvalue weighted by Gasteiger charge is 2.25. The van der Waals surface area contributed by atoms with E-state index in [0.29, 0.717) is 5.75 Å². The summed E-state index contributed by atoms with van der Waals surface area (Å²) in [5.74, 6) is 0.282. The monoisotopic (exact) mass is 414 g/mol. The molecule has 0 radical (unpaired) electrons. The first-order valence-electron chi connectivity index (χ1n) is 10.5. The summed E-state index contributed by atoms with van der Waals surface area (Å²) < 4.78 is 1.81. The fourth-order valence-electron chi connectivity index (χ4n) is 4.28. The van der Waals surface area contributed by atoms with Gasteiger partial charge in [-0.3, -0.25) is 9.69 Å². The largest absolute Gasteiger partial charge is 0.369 e. The molecule has 29 heavy (non-hydrogen) atoms. The van der Waals surface area contributed by atoms with E-state index in [4.69, 9.17) is 0 Å². The second kappa shape index (κ2) is 9.63. The molecule has 1 aliphatic heterocycles. The van der Waals surface area contributed by atoms with Gasteiger partial charge in [-0.25, -0.2) is 0 Å². The Morgan fingerprint density at radius 2 is 1.83 bits per heavy atom. The van der Waals surface area contributed by atoms with Crippen molar-refractivity contribution in [1.29, 1.82) is 0 Å². The van der Waals surface area contributed by atoms with Gasteiger partial charge in [0.15, 0.2) is 5.16 Å². The predicted molar refractivity (Wildman–Crippen MR) is 117 cm³/mol. The summed E-state index contributed by atoms with van der Waals surface area (Å²) in [6.45, 7) is 4.47. The van der Waals surface area contributed by atoms with Crippen molar-refractivity contribution in [3.63, 3.8) is 0 Å². The average Bonchev–Trinajstić information content (AvgIpc) is 3.18. The number of thioether (sulfide) groups is 1. The van der Waals surface area contributed by atoms with E-state index in [-0.39, 0.29) is 5.91 Å². The molecule has 2 aliphatic rings. The molecule has 0 atom stereocenters. The molecule has 2 aromatic rings.